The summed E-state index contributed by atoms with van der Waals surface area (Å²) in [6, 6.07) is 1.50. The van der Waals surface area contributed by atoms with Crippen LogP contribution < -0.4 is 5.23 Å². The zero-order valence-electron chi connectivity index (χ0n) is 16.4. The van der Waals surface area contributed by atoms with Gasteiger partial charge in [0.15, 0.2) is 0 Å². The van der Waals surface area contributed by atoms with Gasteiger partial charge in [0.25, 0.3) is 0 Å². The zero-order chi connectivity index (χ0) is 20.0. The molecule has 8 heteroatoms. The fraction of sp³-hybridized carbons (Fsp3) is 0.789. The van der Waals surface area contributed by atoms with Gasteiger partial charge in [-0.05, 0) is 65.0 Å². The van der Waals surface area contributed by atoms with E-state index in [0.29, 0.717) is 18.4 Å². The average Bonchev–Trinajstić information content (AvgIpc) is 3.26. The third-order valence-electron chi connectivity index (χ3n) is 6.17. The lowest BCUT2D eigenvalue weighted by Gasteiger charge is -2.37. The quantitative estimate of drug-likeness (QED) is 0.556. The van der Waals surface area contributed by atoms with Crippen molar-refractivity contribution in [2.75, 3.05) is 5.23 Å². The molecule has 154 valence electrons. The van der Waals surface area contributed by atoms with Crippen molar-refractivity contribution < 1.29 is 24.9 Å². The third-order valence-corrected chi connectivity index (χ3v) is 6.17. The maximum absolute atomic E-state index is 10.9. The van der Waals surface area contributed by atoms with Crippen LogP contribution in [0.25, 0.3) is 0 Å². The molecule has 0 amide bonds. The molecule has 0 unspecified atom stereocenters. The molecule has 3 rings (SSSR count). The Morgan fingerprint density at radius 2 is 2.04 bits per heavy atom. The molecule has 2 aliphatic heterocycles. The molecule has 1 aromatic heterocycles. The van der Waals surface area contributed by atoms with Gasteiger partial charge in [0, 0.05) is 12.6 Å². The molecule has 2 saturated heterocycles. The molecule has 0 radical (unpaired) electrons. The number of H-pyrrole nitrogens is 1. The summed E-state index contributed by atoms with van der Waals surface area (Å²) in [5.41, 5.74) is -1.39. The van der Waals surface area contributed by atoms with Crippen LogP contribution in [0.15, 0.2) is 12.3 Å². The van der Waals surface area contributed by atoms with Crippen molar-refractivity contribution in [1.29, 1.82) is 0 Å². The first-order valence-corrected chi connectivity index (χ1v) is 9.52. The van der Waals surface area contributed by atoms with Crippen molar-refractivity contribution in [3.63, 3.8) is 0 Å². The summed E-state index contributed by atoms with van der Waals surface area (Å²) in [7, 11) is 0. The Balaban J connectivity index is 1.63. The van der Waals surface area contributed by atoms with Gasteiger partial charge in [-0.25, -0.2) is 0 Å². The summed E-state index contributed by atoms with van der Waals surface area (Å²) in [6.45, 7) is 7.42. The van der Waals surface area contributed by atoms with Crippen LogP contribution >= 0.6 is 0 Å². The van der Waals surface area contributed by atoms with Crippen molar-refractivity contribution in [1.82, 2.24) is 4.98 Å². The predicted molar refractivity (Wildman–Crippen MR) is 99.5 cm³/mol. The molecule has 0 saturated carbocycles. The SMILES string of the molecule is CC(C)(O)[C@H]1CC[C@@](C)([C@H]2CC[C@](C)([C@@H](O)Cc3c[nH]c(N([O-])O)c3)O2)O1. The number of nitrogens with zero attached hydrogens (tertiary/aromatic N) is 1. The van der Waals surface area contributed by atoms with Crippen LogP contribution in [-0.4, -0.2) is 55.5 Å². The minimum absolute atomic E-state index is 0.0251. The fourth-order valence-corrected chi connectivity index (χ4v) is 4.22. The number of hydrogen-bond donors (Lipinski definition) is 4. The van der Waals surface area contributed by atoms with E-state index in [1.54, 1.807) is 20.0 Å². The second-order valence-corrected chi connectivity index (χ2v) is 8.96. The van der Waals surface area contributed by atoms with Crippen LogP contribution in [0.2, 0.25) is 0 Å². The molecule has 0 bridgehead atoms. The lowest BCUT2D eigenvalue weighted by molar-refractivity contribution is -0.189. The predicted octanol–water partition coefficient (Wildman–Crippen LogP) is 2.26. The third kappa shape index (κ3) is 4.16. The topological polar surface area (TPSA) is 121 Å². The molecule has 2 fully saturated rings. The van der Waals surface area contributed by atoms with E-state index < -0.39 is 22.9 Å². The van der Waals surface area contributed by atoms with Gasteiger partial charge in [-0.2, -0.15) is 0 Å². The smallest absolute Gasteiger partial charge is 0.119 e. The van der Waals surface area contributed by atoms with Gasteiger partial charge in [0.1, 0.15) is 5.82 Å². The zero-order valence-corrected chi connectivity index (χ0v) is 16.4. The van der Waals surface area contributed by atoms with Crippen LogP contribution in [0.1, 0.15) is 58.9 Å². The monoisotopic (exact) mass is 383 g/mol. The Bertz CT molecular complexity index is 657. The summed E-state index contributed by atoms with van der Waals surface area (Å²) in [5, 5.41) is 40.6. The Kier molecular flexibility index (Phi) is 5.35. The maximum Gasteiger partial charge on any atom is 0.119 e. The van der Waals surface area contributed by atoms with Crippen LogP contribution in [0.5, 0.6) is 0 Å². The minimum atomic E-state index is -0.896. The highest BCUT2D eigenvalue weighted by atomic mass is 16.8. The first kappa shape index (κ1) is 20.6. The minimum Gasteiger partial charge on any atom is -0.732 e. The van der Waals surface area contributed by atoms with Crippen molar-refractivity contribution >= 4 is 5.82 Å². The maximum atomic E-state index is 10.9. The molecule has 27 heavy (non-hydrogen) atoms. The van der Waals surface area contributed by atoms with Crippen LogP contribution in [0.3, 0.4) is 0 Å². The Morgan fingerprint density at radius 3 is 2.59 bits per heavy atom. The molecule has 0 aromatic carbocycles. The molecule has 3 heterocycles. The van der Waals surface area contributed by atoms with E-state index in [9.17, 15) is 15.4 Å². The molecular weight excluding hydrogens is 352 g/mol. The highest BCUT2D eigenvalue weighted by molar-refractivity contribution is 5.40. The van der Waals surface area contributed by atoms with Gasteiger partial charge in [-0.1, -0.05) is 0 Å². The first-order chi connectivity index (χ1) is 12.4. The molecule has 1 aromatic rings. The second kappa shape index (κ2) is 7.02. The number of ether oxygens (including phenoxy) is 2. The van der Waals surface area contributed by atoms with E-state index >= 15 is 0 Å². The molecule has 0 aliphatic carbocycles. The van der Waals surface area contributed by atoms with Gasteiger partial charge in [0.05, 0.1) is 35.1 Å². The highest BCUT2D eigenvalue weighted by Gasteiger charge is 2.53. The van der Waals surface area contributed by atoms with Crippen molar-refractivity contribution in [2.24, 2.45) is 0 Å². The lowest BCUT2D eigenvalue weighted by Crippen LogP contribution is -2.47. The largest absolute Gasteiger partial charge is 0.732 e. The number of aromatic amines is 1. The summed E-state index contributed by atoms with van der Waals surface area (Å²) < 4.78 is 12.5. The summed E-state index contributed by atoms with van der Waals surface area (Å²) >= 11 is 0. The molecule has 2 aliphatic rings. The Morgan fingerprint density at radius 1 is 1.33 bits per heavy atom. The normalized spacial score (nSPS) is 35.6. The van der Waals surface area contributed by atoms with Gasteiger partial charge in [-0.3, -0.25) is 5.21 Å². The van der Waals surface area contributed by atoms with Gasteiger partial charge >= 0.3 is 0 Å². The van der Waals surface area contributed by atoms with Gasteiger partial charge in [0.2, 0.25) is 0 Å². The van der Waals surface area contributed by atoms with Crippen molar-refractivity contribution in [3.05, 3.63) is 23.0 Å². The number of nitrogens with one attached hydrogen (secondary N) is 1. The Labute approximate surface area is 159 Å². The van der Waals surface area contributed by atoms with E-state index in [2.05, 4.69) is 4.98 Å². The van der Waals surface area contributed by atoms with Crippen LogP contribution in [0, 0.1) is 5.21 Å². The van der Waals surface area contributed by atoms with E-state index in [-0.39, 0.29) is 23.3 Å². The van der Waals surface area contributed by atoms with Gasteiger partial charge < -0.3 is 35.1 Å². The highest BCUT2D eigenvalue weighted by Crippen LogP contribution is 2.46. The van der Waals surface area contributed by atoms with E-state index in [1.165, 1.54) is 6.07 Å². The molecule has 5 atom stereocenters. The summed E-state index contributed by atoms with van der Waals surface area (Å²) in [6.07, 6.45) is 3.79. The van der Waals surface area contributed by atoms with E-state index in [4.69, 9.17) is 14.7 Å². The van der Waals surface area contributed by atoms with E-state index in [0.717, 1.165) is 19.3 Å². The first-order valence-electron chi connectivity index (χ1n) is 9.52. The molecule has 0 spiro atoms. The average molecular weight is 383 g/mol. The fourth-order valence-electron chi connectivity index (χ4n) is 4.22. The Hall–Kier alpha value is -1.16. The standard InChI is InChI=1S/C19H31N2O6/c1-17(2,23)14-5-8-19(4,26-14)15-6-7-18(3,27-15)13(22)9-12-10-16(20-11-12)21(24)25/h10-11,13-15,20,22-24H,5-9H2,1-4H3/q-1/t13-,14+,15+,18+,19-/m0/s1. The van der Waals surface area contributed by atoms with Crippen LogP contribution in [-0.2, 0) is 15.9 Å². The van der Waals surface area contributed by atoms with Crippen LogP contribution in [0.4, 0.5) is 5.82 Å². The number of aliphatic hydroxyl groups excluding tert-OH is 1. The number of aromatic nitrogens is 1. The molecule has 4 N–H and O–H groups in total. The summed E-state index contributed by atoms with van der Waals surface area (Å²) in [5.74, 6) is 0.0251. The van der Waals surface area contributed by atoms with E-state index in [1.807, 2.05) is 13.8 Å². The summed E-state index contributed by atoms with van der Waals surface area (Å²) in [4.78, 5) is 2.66. The number of rotatable bonds is 6. The van der Waals surface area contributed by atoms with Crippen molar-refractivity contribution in [3.8, 4) is 0 Å². The lowest BCUT2D eigenvalue weighted by atomic mass is 9.89. The molecule has 8 nitrogen and oxygen atoms in total. The molecular formula is C19H31N2O6-. The number of hydrogen-bond acceptors (Lipinski definition) is 7. The number of anilines is 1. The van der Waals surface area contributed by atoms with Gasteiger partial charge in [-0.15, -0.1) is 0 Å². The van der Waals surface area contributed by atoms with Crippen molar-refractivity contribution in [2.45, 2.75) is 94.9 Å². The second-order valence-electron chi connectivity index (χ2n) is 8.96. The number of aliphatic hydroxyl groups is 2.